The van der Waals surface area contributed by atoms with Crippen LogP contribution in [0.15, 0.2) is 9.95 Å². The van der Waals surface area contributed by atoms with Crippen molar-refractivity contribution in [2.75, 3.05) is 12.3 Å². The first-order chi connectivity index (χ1) is 12.4. The molecule has 26 heavy (non-hydrogen) atoms. The predicted octanol–water partition coefficient (Wildman–Crippen LogP) is 2.06. The summed E-state index contributed by atoms with van der Waals surface area (Å²) in [4.78, 5) is 42.8. The van der Waals surface area contributed by atoms with Crippen LogP contribution in [0, 0.1) is 5.92 Å². The topological polar surface area (TPSA) is 93.1 Å². The Morgan fingerprint density at radius 3 is 2.85 bits per heavy atom. The molecule has 0 atom stereocenters. The lowest BCUT2D eigenvalue weighted by molar-refractivity contribution is -0.117. The second kappa shape index (κ2) is 7.79. The molecule has 0 saturated heterocycles. The van der Waals surface area contributed by atoms with Gasteiger partial charge in [-0.3, -0.25) is 19.5 Å². The number of rotatable bonds is 5. The quantitative estimate of drug-likeness (QED) is 0.598. The summed E-state index contributed by atoms with van der Waals surface area (Å²) in [5, 5.41) is 6.13. The van der Waals surface area contributed by atoms with Crippen LogP contribution in [0.1, 0.15) is 30.7 Å². The molecule has 3 rings (SSSR count). The van der Waals surface area contributed by atoms with Gasteiger partial charge in [0.1, 0.15) is 4.83 Å². The van der Waals surface area contributed by atoms with Gasteiger partial charge in [0.15, 0.2) is 5.16 Å². The van der Waals surface area contributed by atoms with Gasteiger partial charge in [-0.25, -0.2) is 9.78 Å². The number of fused-ring (bicyclic) bond motifs is 3. The van der Waals surface area contributed by atoms with Crippen LogP contribution in [0.4, 0.5) is 4.79 Å². The smallest absolute Gasteiger partial charge is 0.321 e. The lowest BCUT2D eigenvalue weighted by atomic mass is 10.2. The SMILES string of the molecule is CC(C)CNC(=O)NC(=O)CSc1nc2sc3c(c2c(=O)n1C)CCC3. The van der Waals surface area contributed by atoms with Crippen molar-refractivity contribution in [3.05, 3.63) is 20.8 Å². The molecule has 0 saturated carbocycles. The number of nitrogens with zero attached hydrogens (tertiary/aromatic N) is 2. The van der Waals surface area contributed by atoms with E-state index in [0.29, 0.717) is 17.6 Å². The molecule has 0 aliphatic heterocycles. The summed E-state index contributed by atoms with van der Waals surface area (Å²) < 4.78 is 1.49. The van der Waals surface area contributed by atoms with Crippen molar-refractivity contribution in [1.82, 2.24) is 20.2 Å². The highest BCUT2D eigenvalue weighted by Crippen LogP contribution is 2.35. The molecule has 2 heterocycles. The van der Waals surface area contributed by atoms with E-state index in [4.69, 9.17) is 0 Å². The molecule has 0 aromatic carbocycles. The monoisotopic (exact) mass is 394 g/mol. The van der Waals surface area contributed by atoms with E-state index < -0.39 is 11.9 Å². The second-order valence-corrected chi connectivity index (χ2v) is 8.76. The number of hydrogen-bond donors (Lipinski definition) is 2. The van der Waals surface area contributed by atoms with Gasteiger partial charge in [0.25, 0.3) is 5.56 Å². The third-order valence-corrected chi connectivity index (χ3v) is 6.38. The van der Waals surface area contributed by atoms with Crippen LogP contribution in [-0.2, 0) is 24.7 Å². The molecule has 3 amide bonds. The van der Waals surface area contributed by atoms with Crippen LogP contribution >= 0.6 is 23.1 Å². The van der Waals surface area contributed by atoms with E-state index in [0.717, 1.165) is 46.8 Å². The van der Waals surface area contributed by atoms with Crippen LogP contribution < -0.4 is 16.2 Å². The van der Waals surface area contributed by atoms with Crippen molar-refractivity contribution in [1.29, 1.82) is 0 Å². The minimum absolute atomic E-state index is 0.0198. The van der Waals surface area contributed by atoms with Crippen LogP contribution in [0.25, 0.3) is 10.2 Å². The van der Waals surface area contributed by atoms with Crippen molar-refractivity contribution < 1.29 is 9.59 Å². The van der Waals surface area contributed by atoms with E-state index >= 15 is 0 Å². The fourth-order valence-electron chi connectivity index (χ4n) is 2.87. The summed E-state index contributed by atoms with van der Waals surface area (Å²) in [7, 11) is 1.67. The zero-order valence-corrected chi connectivity index (χ0v) is 16.7. The lowest BCUT2D eigenvalue weighted by Gasteiger charge is -2.09. The fourth-order valence-corrected chi connectivity index (χ4v) is 4.94. The molecule has 9 heteroatoms. The van der Waals surface area contributed by atoms with Gasteiger partial charge in [0.2, 0.25) is 5.91 Å². The highest BCUT2D eigenvalue weighted by molar-refractivity contribution is 7.99. The van der Waals surface area contributed by atoms with E-state index in [1.54, 1.807) is 18.4 Å². The summed E-state index contributed by atoms with van der Waals surface area (Å²) in [5.74, 6) is -0.0891. The van der Waals surface area contributed by atoms with Crippen molar-refractivity contribution in [3.63, 3.8) is 0 Å². The lowest BCUT2D eigenvalue weighted by Crippen LogP contribution is -2.41. The number of thioether (sulfide) groups is 1. The molecule has 2 aromatic rings. The molecule has 0 fully saturated rings. The first-order valence-corrected chi connectivity index (χ1v) is 10.4. The van der Waals surface area contributed by atoms with E-state index in [1.807, 2.05) is 13.8 Å². The Morgan fingerprint density at radius 2 is 2.12 bits per heavy atom. The van der Waals surface area contributed by atoms with Gasteiger partial charge in [-0.15, -0.1) is 11.3 Å². The molecular formula is C17H22N4O3S2. The average Bonchev–Trinajstić information content (AvgIpc) is 3.15. The van der Waals surface area contributed by atoms with Gasteiger partial charge in [-0.1, -0.05) is 25.6 Å². The maximum atomic E-state index is 12.7. The van der Waals surface area contributed by atoms with Crippen molar-refractivity contribution in [3.8, 4) is 0 Å². The summed E-state index contributed by atoms with van der Waals surface area (Å²) in [6.07, 6.45) is 3.04. The summed E-state index contributed by atoms with van der Waals surface area (Å²) in [5.41, 5.74) is 1.08. The first kappa shape index (κ1) is 18.9. The number of aromatic nitrogens is 2. The fraction of sp³-hybridized carbons (Fsp3) is 0.529. The van der Waals surface area contributed by atoms with Gasteiger partial charge in [0.05, 0.1) is 11.1 Å². The molecule has 0 unspecified atom stereocenters. The van der Waals surface area contributed by atoms with Crippen molar-refractivity contribution >= 4 is 45.3 Å². The Bertz CT molecular complexity index is 917. The molecule has 7 nitrogen and oxygen atoms in total. The number of nitrogens with one attached hydrogen (secondary N) is 2. The number of amides is 3. The summed E-state index contributed by atoms with van der Waals surface area (Å²) >= 11 is 2.73. The van der Waals surface area contributed by atoms with Gasteiger partial charge in [-0.2, -0.15) is 0 Å². The molecule has 1 aliphatic rings. The molecule has 0 bridgehead atoms. The van der Waals surface area contributed by atoms with Crippen molar-refractivity contribution in [2.24, 2.45) is 13.0 Å². The number of urea groups is 1. The van der Waals surface area contributed by atoms with Gasteiger partial charge < -0.3 is 5.32 Å². The van der Waals surface area contributed by atoms with Gasteiger partial charge in [0, 0.05) is 18.5 Å². The van der Waals surface area contributed by atoms with Crippen LogP contribution in [0.2, 0.25) is 0 Å². The van der Waals surface area contributed by atoms with E-state index in [9.17, 15) is 14.4 Å². The third-order valence-electron chi connectivity index (χ3n) is 4.16. The van der Waals surface area contributed by atoms with E-state index in [2.05, 4.69) is 15.6 Å². The Balaban J connectivity index is 1.68. The zero-order chi connectivity index (χ0) is 18.8. The Hall–Kier alpha value is -1.87. The third kappa shape index (κ3) is 3.93. The molecule has 0 radical (unpaired) electrons. The highest BCUT2D eigenvalue weighted by Gasteiger charge is 2.22. The van der Waals surface area contributed by atoms with Crippen LogP contribution in [-0.4, -0.2) is 33.8 Å². The van der Waals surface area contributed by atoms with Crippen molar-refractivity contribution in [2.45, 2.75) is 38.3 Å². The maximum absolute atomic E-state index is 12.7. The zero-order valence-electron chi connectivity index (χ0n) is 15.0. The minimum Gasteiger partial charge on any atom is -0.338 e. The number of imide groups is 1. The molecule has 2 N–H and O–H groups in total. The van der Waals surface area contributed by atoms with Crippen LogP contribution in [0.5, 0.6) is 0 Å². The van der Waals surface area contributed by atoms with E-state index in [-0.39, 0.29) is 11.3 Å². The van der Waals surface area contributed by atoms with Gasteiger partial charge >= 0.3 is 6.03 Å². The normalized spacial score (nSPS) is 13.2. The number of thiophene rings is 1. The molecule has 0 spiro atoms. The summed E-state index contributed by atoms with van der Waals surface area (Å²) in [6, 6.07) is -0.503. The number of carbonyl (C=O) groups is 2. The Labute approximate surface area is 159 Å². The molecule has 1 aliphatic carbocycles. The number of carbonyl (C=O) groups excluding carboxylic acids is 2. The number of aryl methyl sites for hydroxylation is 2. The average molecular weight is 395 g/mol. The number of hydrogen-bond acceptors (Lipinski definition) is 6. The first-order valence-electron chi connectivity index (χ1n) is 8.58. The maximum Gasteiger partial charge on any atom is 0.321 e. The standard InChI is InChI=1S/C17H22N4O3S2/c1-9(2)7-18-16(24)19-12(22)8-25-17-20-14-13(15(23)21(17)3)10-5-4-6-11(10)26-14/h9H,4-8H2,1-3H3,(H2,18,19,22,24). The molecular weight excluding hydrogens is 372 g/mol. The van der Waals surface area contributed by atoms with Crippen LogP contribution in [0.3, 0.4) is 0 Å². The molecule has 2 aromatic heterocycles. The second-order valence-electron chi connectivity index (χ2n) is 6.74. The summed E-state index contributed by atoms with van der Waals surface area (Å²) in [6.45, 7) is 4.45. The molecule has 140 valence electrons. The predicted molar refractivity (Wildman–Crippen MR) is 104 cm³/mol. The Morgan fingerprint density at radius 1 is 1.35 bits per heavy atom. The minimum atomic E-state index is -0.503. The highest BCUT2D eigenvalue weighted by atomic mass is 32.2. The Kier molecular flexibility index (Phi) is 5.67. The largest absolute Gasteiger partial charge is 0.338 e. The van der Waals surface area contributed by atoms with Gasteiger partial charge in [-0.05, 0) is 30.7 Å². The van der Waals surface area contributed by atoms with E-state index in [1.165, 1.54) is 9.44 Å².